The van der Waals surface area contributed by atoms with Crippen LogP contribution in [-0.4, -0.2) is 34.8 Å². The molecule has 1 aliphatic carbocycles. The minimum Gasteiger partial charge on any atom is -0.456 e. The number of ether oxygens (including phenoxy) is 1. The second-order valence-corrected chi connectivity index (χ2v) is 6.27. The molecule has 0 aliphatic heterocycles. The van der Waals surface area contributed by atoms with Crippen LogP contribution in [0.3, 0.4) is 0 Å². The van der Waals surface area contributed by atoms with E-state index in [1.54, 1.807) is 4.68 Å². The van der Waals surface area contributed by atoms with Crippen LogP contribution in [0.4, 0.5) is 0 Å². The Morgan fingerprint density at radius 2 is 2.17 bits per heavy atom. The maximum atomic E-state index is 11.7. The van der Waals surface area contributed by atoms with Crippen molar-refractivity contribution in [2.24, 2.45) is 0 Å². The van der Waals surface area contributed by atoms with Gasteiger partial charge in [-0.1, -0.05) is 11.6 Å². The van der Waals surface area contributed by atoms with Crippen molar-refractivity contribution in [2.45, 2.75) is 58.9 Å². The number of esters is 1. The Hall–Kier alpha value is -2.11. The van der Waals surface area contributed by atoms with Crippen LogP contribution in [0.5, 0.6) is 0 Å². The molecular weight excluding hydrogens is 306 g/mol. The first-order valence-corrected chi connectivity index (χ1v) is 8.66. The molecule has 0 bridgehead atoms. The lowest BCUT2D eigenvalue weighted by Crippen LogP contribution is -2.30. The van der Waals surface area contributed by atoms with E-state index >= 15 is 0 Å². The zero-order valence-electron chi connectivity index (χ0n) is 14.6. The van der Waals surface area contributed by atoms with Gasteiger partial charge >= 0.3 is 5.97 Å². The molecule has 0 saturated heterocycles. The Balaban J connectivity index is 1.58. The average molecular weight is 333 g/mol. The Bertz CT molecular complexity index is 605. The van der Waals surface area contributed by atoms with Gasteiger partial charge in [-0.05, 0) is 52.0 Å². The first kappa shape index (κ1) is 18.2. The molecule has 6 nitrogen and oxygen atoms in total. The summed E-state index contributed by atoms with van der Waals surface area (Å²) >= 11 is 0. The van der Waals surface area contributed by atoms with Crippen molar-refractivity contribution >= 4 is 11.9 Å². The third kappa shape index (κ3) is 6.18. The van der Waals surface area contributed by atoms with E-state index in [0.29, 0.717) is 13.1 Å². The number of hydrogen-bond acceptors (Lipinski definition) is 4. The summed E-state index contributed by atoms with van der Waals surface area (Å²) in [7, 11) is 0. The van der Waals surface area contributed by atoms with E-state index in [-0.39, 0.29) is 24.9 Å². The molecule has 1 aliphatic rings. The third-order valence-corrected chi connectivity index (χ3v) is 4.15. The van der Waals surface area contributed by atoms with Crippen molar-refractivity contribution < 1.29 is 14.3 Å². The zero-order valence-corrected chi connectivity index (χ0v) is 14.6. The van der Waals surface area contributed by atoms with Crippen LogP contribution >= 0.6 is 0 Å². The topological polar surface area (TPSA) is 73.2 Å². The molecule has 1 aromatic rings. The fraction of sp³-hybridized carbons (Fsp3) is 0.611. The van der Waals surface area contributed by atoms with Crippen molar-refractivity contribution in [1.29, 1.82) is 0 Å². The van der Waals surface area contributed by atoms with Crippen LogP contribution in [0.15, 0.2) is 17.7 Å². The normalized spacial score (nSPS) is 14.2. The third-order valence-electron chi connectivity index (χ3n) is 4.15. The lowest BCUT2D eigenvalue weighted by Gasteiger charge is -2.13. The summed E-state index contributed by atoms with van der Waals surface area (Å²) in [5, 5.41) is 7.08. The zero-order chi connectivity index (χ0) is 17.4. The molecule has 0 fully saturated rings. The van der Waals surface area contributed by atoms with Gasteiger partial charge in [0.05, 0.1) is 18.7 Å². The van der Waals surface area contributed by atoms with Gasteiger partial charge in [0.2, 0.25) is 0 Å². The van der Waals surface area contributed by atoms with Crippen molar-refractivity contribution in [2.75, 3.05) is 13.2 Å². The Morgan fingerprint density at radius 3 is 2.83 bits per heavy atom. The summed E-state index contributed by atoms with van der Waals surface area (Å²) in [6.07, 6.45) is 8.16. The molecule has 0 radical (unpaired) electrons. The maximum Gasteiger partial charge on any atom is 0.308 e. The number of nitrogens with one attached hydrogen (secondary N) is 1. The van der Waals surface area contributed by atoms with Gasteiger partial charge in [-0.15, -0.1) is 0 Å². The molecule has 1 aromatic heterocycles. The van der Waals surface area contributed by atoms with Crippen molar-refractivity contribution in [3.05, 3.63) is 29.1 Å². The number of aromatic nitrogens is 2. The highest BCUT2D eigenvalue weighted by atomic mass is 16.5. The highest BCUT2D eigenvalue weighted by molar-refractivity contribution is 5.80. The van der Waals surface area contributed by atoms with Crippen LogP contribution in [0, 0.1) is 13.8 Å². The summed E-state index contributed by atoms with van der Waals surface area (Å²) in [6, 6.07) is 1.96. The summed E-state index contributed by atoms with van der Waals surface area (Å²) in [4.78, 5) is 23.4. The van der Waals surface area contributed by atoms with Gasteiger partial charge in [-0.2, -0.15) is 5.10 Å². The van der Waals surface area contributed by atoms with Crippen molar-refractivity contribution in [1.82, 2.24) is 15.1 Å². The van der Waals surface area contributed by atoms with Crippen LogP contribution < -0.4 is 5.32 Å². The van der Waals surface area contributed by atoms with E-state index in [2.05, 4.69) is 16.5 Å². The molecule has 0 saturated carbocycles. The molecule has 6 heteroatoms. The highest BCUT2D eigenvalue weighted by Crippen LogP contribution is 2.19. The minimum absolute atomic E-state index is 0.210. The highest BCUT2D eigenvalue weighted by Gasteiger charge is 2.10. The average Bonchev–Trinajstić information content (AvgIpc) is 2.89. The monoisotopic (exact) mass is 333 g/mol. The molecule has 2 rings (SSSR count). The largest absolute Gasteiger partial charge is 0.456 e. The van der Waals surface area contributed by atoms with Gasteiger partial charge in [0.15, 0.2) is 6.61 Å². The van der Waals surface area contributed by atoms with Gasteiger partial charge in [0, 0.05) is 12.2 Å². The molecule has 132 valence electrons. The van der Waals surface area contributed by atoms with E-state index in [1.165, 1.54) is 18.4 Å². The molecule has 0 aromatic carbocycles. The molecular formula is C18H27N3O3. The van der Waals surface area contributed by atoms with Crippen molar-refractivity contribution in [3.8, 4) is 0 Å². The number of nitrogens with zero attached hydrogens (tertiary/aromatic N) is 2. The number of hydrogen-bond donors (Lipinski definition) is 1. The maximum absolute atomic E-state index is 11.7. The van der Waals surface area contributed by atoms with Gasteiger partial charge in [-0.3, -0.25) is 14.3 Å². The van der Waals surface area contributed by atoms with Gasteiger partial charge < -0.3 is 10.1 Å². The molecule has 1 N–H and O–H groups in total. The first-order chi connectivity index (χ1) is 11.5. The molecule has 0 spiro atoms. The molecule has 1 heterocycles. The van der Waals surface area contributed by atoms with Gasteiger partial charge in [0.25, 0.3) is 5.91 Å². The van der Waals surface area contributed by atoms with Crippen LogP contribution in [0.1, 0.15) is 49.9 Å². The number of carbonyl (C=O) groups excluding carboxylic acids is 2. The second-order valence-electron chi connectivity index (χ2n) is 6.27. The quantitative estimate of drug-likeness (QED) is 0.586. The first-order valence-electron chi connectivity index (χ1n) is 8.66. The van der Waals surface area contributed by atoms with E-state index in [0.717, 1.165) is 30.7 Å². The van der Waals surface area contributed by atoms with Crippen molar-refractivity contribution in [3.63, 3.8) is 0 Å². The number of aryl methyl sites for hydroxylation is 3. The molecule has 24 heavy (non-hydrogen) atoms. The predicted octanol–water partition coefficient (Wildman–Crippen LogP) is 2.44. The van der Waals surface area contributed by atoms with Crippen LogP contribution in [0.2, 0.25) is 0 Å². The minimum atomic E-state index is -0.382. The smallest absolute Gasteiger partial charge is 0.308 e. The van der Waals surface area contributed by atoms with E-state index in [4.69, 9.17) is 4.74 Å². The Kier molecular flexibility index (Phi) is 7.03. The summed E-state index contributed by atoms with van der Waals surface area (Å²) in [5.41, 5.74) is 3.35. The lowest BCUT2D eigenvalue weighted by atomic mass is 9.97. The van der Waals surface area contributed by atoms with E-state index in [1.807, 2.05) is 19.9 Å². The number of amides is 1. The van der Waals surface area contributed by atoms with Crippen LogP contribution in [-0.2, 0) is 20.9 Å². The number of allylic oxidation sites excluding steroid dienone is 1. The van der Waals surface area contributed by atoms with Crippen LogP contribution in [0.25, 0.3) is 0 Å². The molecule has 0 unspecified atom stereocenters. The second kappa shape index (κ2) is 9.25. The fourth-order valence-electron chi connectivity index (χ4n) is 2.86. The summed E-state index contributed by atoms with van der Waals surface area (Å²) in [5.74, 6) is -0.626. The summed E-state index contributed by atoms with van der Waals surface area (Å²) in [6.45, 7) is 4.72. The summed E-state index contributed by atoms with van der Waals surface area (Å²) < 4.78 is 6.78. The van der Waals surface area contributed by atoms with Gasteiger partial charge in [0.1, 0.15) is 0 Å². The SMILES string of the molecule is Cc1cc(C)n(CCC(=O)OCC(=O)NCCC2=CCCCC2)n1. The van der Waals surface area contributed by atoms with Gasteiger partial charge in [-0.25, -0.2) is 0 Å². The lowest BCUT2D eigenvalue weighted by molar-refractivity contribution is -0.148. The number of carbonyl (C=O) groups is 2. The van der Waals surface area contributed by atoms with E-state index in [9.17, 15) is 9.59 Å². The fourth-order valence-corrected chi connectivity index (χ4v) is 2.86. The molecule has 0 atom stereocenters. The Labute approximate surface area is 143 Å². The Morgan fingerprint density at radius 1 is 1.33 bits per heavy atom. The predicted molar refractivity (Wildman–Crippen MR) is 91.5 cm³/mol. The molecule has 1 amide bonds. The van der Waals surface area contributed by atoms with E-state index < -0.39 is 0 Å². The standard InChI is InChI=1S/C18H27N3O3/c1-14-12-15(2)21(20-14)11-9-18(23)24-13-17(22)19-10-8-16-6-4-3-5-7-16/h6,12H,3-5,7-11,13H2,1-2H3,(H,19,22). The number of rotatable bonds is 8.